The third-order valence-corrected chi connectivity index (χ3v) is 7.21. The number of nitriles is 1. The summed E-state index contributed by atoms with van der Waals surface area (Å²) in [5.41, 5.74) is 7.14. The predicted octanol–water partition coefficient (Wildman–Crippen LogP) is 2.41. The normalized spacial score (nSPS) is 20.6. The number of benzene rings is 2. The molecule has 1 aliphatic carbocycles. The second-order valence-electron chi connectivity index (χ2n) is 9.57. The van der Waals surface area contributed by atoms with Gasteiger partial charge in [0.05, 0.1) is 12.7 Å². The van der Waals surface area contributed by atoms with Gasteiger partial charge in [0.15, 0.2) is 5.78 Å². The number of nitrogens with one attached hydrogen (secondary N) is 1. The molecule has 3 aliphatic rings. The lowest BCUT2D eigenvalue weighted by atomic mass is 9.64. The Hall–Kier alpha value is -4.62. The highest BCUT2D eigenvalue weighted by atomic mass is 16.5. The number of hydrazine groups is 1. The molecule has 0 radical (unpaired) electrons. The van der Waals surface area contributed by atoms with Gasteiger partial charge in [0.1, 0.15) is 29.6 Å². The maximum atomic E-state index is 14.5. The minimum Gasteiger partial charge on any atom is -0.497 e. The van der Waals surface area contributed by atoms with E-state index in [1.807, 2.05) is 0 Å². The quantitative estimate of drug-likeness (QED) is 0.624. The van der Waals surface area contributed by atoms with Crippen LogP contribution in [-0.4, -0.2) is 55.4 Å². The van der Waals surface area contributed by atoms with Gasteiger partial charge < -0.3 is 20.7 Å². The lowest BCUT2D eigenvalue weighted by Gasteiger charge is -2.45. The molecule has 10 heteroatoms. The van der Waals surface area contributed by atoms with Crippen molar-refractivity contribution >= 4 is 29.0 Å². The summed E-state index contributed by atoms with van der Waals surface area (Å²) in [5, 5.41) is 16.5. The molecular weight excluding hydrogens is 484 g/mol. The molecule has 0 saturated heterocycles. The molecule has 1 spiro atoms. The van der Waals surface area contributed by atoms with Crippen LogP contribution >= 0.6 is 0 Å². The van der Waals surface area contributed by atoms with Crippen LogP contribution in [0.15, 0.2) is 71.2 Å². The Balaban J connectivity index is 1.64. The molecule has 3 N–H and O–H groups in total. The lowest BCUT2D eigenvalue weighted by molar-refractivity contribution is -0.125. The highest BCUT2D eigenvalue weighted by Gasteiger charge is 2.62. The number of hydrogen-bond acceptors (Lipinski definition) is 8. The van der Waals surface area contributed by atoms with Crippen LogP contribution in [0.25, 0.3) is 0 Å². The number of carbonyl (C=O) groups is 3. The van der Waals surface area contributed by atoms with E-state index in [-0.39, 0.29) is 35.7 Å². The van der Waals surface area contributed by atoms with Crippen LogP contribution < -0.4 is 20.7 Å². The molecule has 5 rings (SSSR count). The van der Waals surface area contributed by atoms with Crippen LogP contribution in [0.2, 0.25) is 0 Å². The number of anilines is 2. The maximum Gasteiger partial charge on any atom is 0.248 e. The van der Waals surface area contributed by atoms with Crippen molar-refractivity contribution in [2.75, 3.05) is 38.0 Å². The van der Waals surface area contributed by atoms with Crippen LogP contribution in [-0.2, 0) is 19.8 Å². The number of ether oxygens (including phenoxy) is 1. The number of fused-ring (bicyclic) bond motifs is 3. The molecule has 0 saturated carbocycles. The first-order valence-corrected chi connectivity index (χ1v) is 12.3. The lowest BCUT2D eigenvalue weighted by Crippen LogP contribution is -2.55. The highest BCUT2D eigenvalue weighted by Crippen LogP contribution is 2.56. The Morgan fingerprint density at radius 1 is 1.18 bits per heavy atom. The molecule has 2 aromatic carbocycles. The average molecular weight is 513 g/mol. The molecule has 2 aliphatic heterocycles. The van der Waals surface area contributed by atoms with Gasteiger partial charge >= 0.3 is 0 Å². The minimum absolute atomic E-state index is 0.0200. The number of nitrogens with zero attached hydrogens (tertiary/aromatic N) is 4. The summed E-state index contributed by atoms with van der Waals surface area (Å²) >= 11 is 0. The fourth-order valence-corrected chi connectivity index (χ4v) is 5.77. The molecule has 10 nitrogen and oxygen atoms in total. The Kier molecular flexibility index (Phi) is 6.17. The maximum absolute atomic E-state index is 14.5. The van der Waals surface area contributed by atoms with Crippen molar-refractivity contribution < 1.29 is 19.1 Å². The van der Waals surface area contributed by atoms with Crippen LogP contribution in [0.3, 0.4) is 0 Å². The number of hydrogen-bond donors (Lipinski definition) is 2. The third-order valence-electron chi connectivity index (χ3n) is 7.21. The molecule has 0 bridgehead atoms. The van der Waals surface area contributed by atoms with Gasteiger partial charge in [-0.25, -0.2) is 5.01 Å². The zero-order valence-electron chi connectivity index (χ0n) is 21.4. The van der Waals surface area contributed by atoms with Crippen molar-refractivity contribution in [2.45, 2.75) is 24.7 Å². The summed E-state index contributed by atoms with van der Waals surface area (Å²) in [5.74, 6) is -0.517. The first-order valence-electron chi connectivity index (χ1n) is 12.3. The van der Waals surface area contributed by atoms with Crippen molar-refractivity contribution in [3.05, 3.63) is 76.8 Å². The zero-order valence-corrected chi connectivity index (χ0v) is 21.4. The molecule has 0 unspecified atom stereocenters. The van der Waals surface area contributed by atoms with Crippen LogP contribution in [0, 0.1) is 11.3 Å². The Labute approximate surface area is 220 Å². The van der Waals surface area contributed by atoms with Gasteiger partial charge in [0.25, 0.3) is 0 Å². The van der Waals surface area contributed by atoms with E-state index in [2.05, 4.69) is 11.4 Å². The Bertz CT molecular complexity index is 1470. The number of para-hydroxylation sites is 1. The first kappa shape index (κ1) is 25.0. The second-order valence-corrected chi connectivity index (χ2v) is 9.57. The van der Waals surface area contributed by atoms with E-state index in [4.69, 9.17) is 10.5 Å². The zero-order chi connectivity index (χ0) is 27.2. The van der Waals surface area contributed by atoms with Crippen LogP contribution in [0.4, 0.5) is 11.4 Å². The minimum atomic E-state index is -1.72. The second kappa shape index (κ2) is 9.36. The van der Waals surface area contributed by atoms with E-state index in [1.54, 1.807) is 72.6 Å². The van der Waals surface area contributed by atoms with Gasteiger partial charge in [0, 0.05) is 54.8 Å². The number of rotatable bonds is 5. The Morgan fingerprint density at radius 3 is 2.66 bits per heavy atom. The summed E-state index contributed by atoms with van der Waals surface area (Å²) in [6.07, 6.45) is 1.38. The third kappa shape index (κ3) is 3.55. The topological polar surface area (TPSA) is 132 Å². The van der Waals surface area contributed by atoms with Gasteiger partial charge in [-0.1, -0.05) is 24.3 Å². The van der Waals surface area contributed by atoms with Gasteiger partial charge in [0.2, 0.25) is 11.8 Å². The van der Waals surface area contributed by atoms with Gasteiger partial charge in [-0.05, 0) is 31.0 Å². The molecular formula is C28H28N6O4. The van der Waals surface area contributed by atoms with Gasteiger partial charge in [-0.15, -0.1) is 0 Å². The van der Waals surface area contributed by atoms with Crippen molar-refractivity contribution in [3.8, 4) is 11.8 Å². The molecule has 2 heterocycles. The number of allylic oxidation sites excluding steroid dienone is 1. The highest BCUT2D eigenvalue weighted by molar-refractivity contribution is 6.21. The van der Waals surface area contributed by atoms with E-state index in [1.165, 1.54) is 12.0 Å². The number of carbonyl (C=O) groups excluding carboxylic acids is 3. The molecule has 0 fully saturated rings. The molecule has 38 heavy (non-hydrogen) atoms. The summed E-state index contributed by atoms with van der Waals surface area (Å²) in [6, 6.07) is 16.0. The molecule has 0 aromatic heterocycles. The van der Waals surface area contributed by atoms with Crippen molar-refractivity contribution in [1.82, 2.24) is 10.0 Å². The van der Waals surface area contributed by atoms with Crippen molar-refractivity contribution in [2.24, 2.45) is 5.73 Å². The van der Waals surface area contributed by atoms with E-state index in [0.29, 0.717) is 41.2 Å². The number of nitrogens with two attached hydrogens (primary N) is 1. The molecule has 194 valence electrons. The van der Waals surface area contributed by atoms with Crippen molar-refractivity contribution in [3.63, 3.8) is 0 Å². The summed E-state index contributed by atoms with van der Waals surface area (Å²) in [7, 11) is 5.07. The smallest absolute Gasteiger partial charge is 0.248 e. The molecule has 2 amide bonds. The number of methoxy groups -OCH3 is 1. The monoisotopic (exact) mass is 512 g/mol. The van der Waals surface area contributed by atoms with Crippen molar-refractivity contribution in [1.29, 1.82) is 5.26 Å². The van der Waals surface area contributed by atoms with Gasteiger partial charge in [-0.3, -0.25) is 19.4 Å². The number of amides is 2. The van der Waals surface area contributed by atoms with E-state index < -0.39 is 17.2 Å². The first-order chi connectivity index (χ1) is 18.2. The molecule has 1 atom stereocenters. The van der Waals surface area contributed by atoms with E-state index in [0.717, 1.165) is 0 Å². The van der Waals surface area contributed by atoms with Crippen LogP contribution in [0.5, 0.6) is 5.75 Å². The standard InChI is InChI=1S/C28H28N6O4/c1-32(2)34-22-12-7-13-23(35)25(22)28(20(15-29)26(34)30)19-10-4-5-11-21(19)33(27(28)37)16-24(36)31-17-8-6-9-18(14-17)38-3/h4-6,8-11,14H,7,12-13,16,30H2,1-3H3,(H,31,36)/t28-/m0/s1. The summed E-state index contributed by atoms with van der Waals surface area (Å²) < 4.78 is 5.22. The number of Topliss-reactive ketones (excluding diaryl/α,β-unsaturated/α-hetero) is 1. The summed E-state index contributed by atoms with van der Waals surface area (Å²) in [6.45, 7) is -0.318. The molecule has 2 aromatic rings. The SMILES string of the molecule is COc1cccc(NC(=O)CN2C(=O)[C@]3(C(C#N)=C(N)N(N(C)C)C4=C3C(=O)CCC4)c3ccccc32)c1. The average Bonchev–Trinajstić information content (AvgIpc) is 3.12. The van der Waals surface area contributed by atoms with Gasteiger partial charge in [-0.2, -0.15) is 5.26 Å². The fourth-order valence-electron chi connectivity index (χ4n) is 5.77. The number of ketones is 1. The van der Waals surface area contributed by atoms with E-state index in [9.17, 15) is 19.6 Å². The fraction of sp³-hybridized carbons (Fsp3) is 0.286. The Morgan fingerprint density at radius 2 is 1.95 bits per heavy atom. The predicted molar refractivity (Wildman–Crippen MR) is 140 cm³/mol. The largest absolute Gasteiger partial charge is 0.497 e. The van der Waals surface area contributed by atoms with Crippen LogP contribution in [0.1, 0.15) is 24.8 Å². The summed E-state index contributed by atoms with van der Waals surface area (Å²) in [4.78, 5) is 42.6. The van der Waals surface area contributed by atoms with E-state index >= 15 is 0 Å².